The highest BCUT2D eigenvalue weighted by Crippen LogP contribution is 2.34. The van der Waals surface area contributed by atoms with Crippen LogP contribution in [0.5, 0.6) is 0 Å². The predicted octanol–water partition coefficient (Wildman–Crippen LogP) is 4.53. The lowest BCUT2D eigenvalue weighted by atomic mass is 10.00. The zero-order chi connectivity index (χ0) is 15.7. The Bertz CT molecular complexity index is 667. The zero-order valence-corrected chi connectivity index (χ0v) is 12.3. The van der Waals surface area contributed by atoms with Gasteiger partial charge in [0.15, 0.2) is 0 Å². The summed E-state index contributed by atoms with van der Waals surface area (Å²) in [7, 11) is 2.06. The maximum absolute atomic E-state index is 12.8. The van der Waals surface area contributed by atoms with Gasteiger partial charge in [0.05, 0.1) is 5.56 Å². The van der Waals surface area contributed by atoms with Crippen molar-refractivity contribution in [2.75, 3.05) is 13.6 Å². The Morgan fingerprint density at radius 3 is 2.64 bits per heavy atom. The van der Waals surface area contributed by atoms with Crippen molar-refractivity contribution < 1.29 is 13.2 Å². The number of pyridine rings is 1. The summed E-state index contributed by atoms with van der Waals surface area (Å²) in [5.74, 6) is 0. The molecular weight excluding hydrogens is 289 g/mol. The van der Waals surface area contributed by atoms with E-state index in [1.54, 1.807) is 12.3 Å². The van der Waals surface area contributed by atoms with Gasteiger partial charge in [0.25, 0.3) is 0 Å². The normalized spacial score (nSPS) is 19.5. The second-order valence-corrected chi connectivity index (χ2v) is 5.72. The molecule has 1 atom stereocenters. The van der Waals surface area contributed by atoms with Crippen LogP contribution in [-0.4, -0.2) is 23.5 Å². The summed E-state index contributed by atoms with van der Waals surface area (Å²) in [6.07, 6.45) is 1.30. The van der Waals surface area contributed by atoms with Crippen LogP contribution in [0.4, 0.5) is 13.2 Å². The second-order valence-electron chi connectivity index (χ2n) is 5.72. The van der Waals surface area contributed by atoms with E-state index < -0.39 is 11.7 Å². The van der Waals surface area contributed by atoms with Gasteiger partial charge in [-0.3, -0.25) is 9.88 Å². The van der Waals surface area contributed by atoms with E-state index in [9.17, 15) is 13.2 Å². The van der Waals surface area contributed by atoms with E-state index in [-0.39, 0.29) is 0 Å². The summed E-state index contributed by atoms with van der Waals surface area (Å²) < 4.78 is 38.5. The first-order valence-electron chi connectivity index (χ1n) is 7.28. The minimum absolute atomic E-state index is 0.304. The van der Waals surface area contributed by atoms with Gasteiger partial charge in [-0.1, -0.05) is 12.1 Å². The molecule has 1 aromatic carbocycles. The highest BCUT2D eigenvalue weighted by atomic mass is 19.4. The molecule has 1 unspecified atom stereocenters. The van der Waals surface area contributed by atoms with Gasteiger partial charge < -0.3 is 0 Å². The first-order chi connectivity index (χ1) is 10.4. The molecular formula is C17H17F3N2. The van der Waals surface area contributed by atoms with Crippen molar-refractivity contribution in [1.29, 1.82) is 0 Å². The maximum atomic E-state index is 12.8. The van der Waals surface area contributed by atoms with Crippen LogP contribution < -0.4 is 0 Å². The fraction of sp³-hybridized carbons (Fsp3) is 0.353. The van der Waals surface area contributed by atoms with Gasteiger partial charge in [-0.05, 0) is 55.8 Å². The van der Waals surface area contributed by atoms with Crippen LogP contribution in [-0.2, 0) is 6.18 Å². The summed E-state index contributed by atoms with van der Waals surface area (Å²) in [5, 5.41) is 0. The van der Waals surface area contributed by atoms with E-state index in [4.69, 9.17) is 0 Å². The fourth-order valence-corrected chi connectivity index (χ4v) is 3.00. The molecule has 1 aromatic heterocycles. The smallest absolute Gasteiger partial charge is 0.299 e. The summed E-state index contributed by atoms with van der Waals surface area (Å²) >= 11 is 0. The van der Waals surface area contributed by atoms with Crippen molar-refractivity contribution in [3.8, 4) is 11.1 Å². The van der Waals surface area contributed by atoms with Gasteiger partial charge in [0, 0.05) is 24.0 Å². The minimum atomic E-state index is -4.33. The van der Waals surface area contributed by atoms with Gasteiger partial charge in [-0.15, -0.1) is 0 Å². The fourth-order valence-electron chi connectivity index (χ4n) is 3.00. The highest BCUT2D eigenvalue weighted by molar-refractivity contribution is 5.64. The number of halogens is 3. The quantitative estimate of drug-likeness (QED) is 0.810. The lowest BCUT2D eigenvalue weighted by Crippen LogP contribution is -2.17. The predicted molar refractivity (Wildman–Crippen MR) is 79.3 cm³/mol. The van der Waals surface area contributed by atoms with Crippen molar-refractivity contribution in [3.05, 3.63) is 53.9 Å². The molecule has 0 aliphatic carbocycles. The topological polar surface area (TPSA) is 16.1 Å². The molecule has 0 bridgehead atoms. The summed E-state index contributed by atoms with van der Waals surface area (Å²) in [4.78, 5) is 6.48. The van der Waals surface area contributed by atoms with E-state index in [1.807, 2.05) is 12.3 Å². The van der Waals surface area contributed by atoms with Gasteiger partial charge in [0.1, 0.15) is 0 Å². The Morgan fingerprint density at radius 1 is 1.14 bits per heavy atom. The lowest BCUT2D eigenvalue weighted by molar-refractivity contribution is -0.137. The molecule has 0 N–H and O–H groups in total. The van der Waals surface area contributed by atoms with Gasteiger partial charge in [-0.25, -0.2) is 0 Å². The number of rotatable bonds is 2. The molecule has 3 rings (SSSR count). The summed E-state index contributed by atoms with van der Waals surface area (Å²) in [6.45, 7) is 1.04. The number of likely N-dealkylation sites (tertiary alicyclic amines) is 1. The third-order valence-electron chi connectivity index (χ3n) is 4.19. The van der Waals surface area contributed by atoms with Gasteiger partial charge in [0.2, 0.25) is 0 Å². The largest absolute Gasteiger partial charge is 0.416 e. The van der Waals surface area contributed by atoms with Crippen LogP contribution in [0.3, 0.4) is 0 Å². The molecule has 0 saturated carbocycles. The number of hydrogen-bond acceptors (Lipinski definition) is 2. The molecule has 0 spiro atoms. The first-order valence-corrected chi connectivity index (χ1v) is 7.28. The SMILES string of the molecule is CN1CCCC1c1cncc(-c2cccc(C(F)(F)F)c2)c1. The van der Waals surface area contributed by atoms with E-state index in [2.05, 4.69) is 16.9 Å². The first kappa shape index (κ1) is 15.0. The summed E-state index contributed by atoms with van der Waals surface area (Å²) in [5.41, 5.74) is 1.71. The molecule has 1 saturated heterocycles. The monoisotopic (exact) mass is 306 g/mol. The number of hydrogen-bond donors (Lipinski definition) is 0. The maximum Gasteiger partial charge on any atom is 0.416 e. The van der Waals surface area contributed by atoms with Crippen molar-refractivity contribution in [3.63, 3.8) is 0 Å². The Morgan fingerprint density at radius 2 is 1.95 bits per heavy atom. The molecule has 0 radical (unpaired) electrons. The van der Waals surface area contributed by atoms with Crippen LogP contribution in [0.1, 0.15) is 30.0 Å². The molecule has 0 amide bonds. The van der Waals surface area contributed by atoms with E-state index >= 15 is 0 Å². The highest BCUT2D eigenvalue weighted by Gasteiger charge is 2.30. The Balaban J connectivity index is 1.96. The van der Waals surface area contributed by atoms with Crippen molar-refractivity contribution in [2.24, 2.45) is 0 Å². The average Bonchev–Trinajstić information content (AvgIpc) is 2.93. The molecule has 1 fully saturated rings. The Hall–Kier alpha value is -1.88. The zero-order valence-electron chi connectivity index (χ0n) is 12.3. The van der Waals surface area contributed by atoms with Crippen LogP contribution in [0, 0.1) is 0 Å². The van der Waals surface area contributed by atoms with Crippen molar-refractivity contribution in [2.45, 2.75) is 25.1 Å². The molecule has 116 valence electrons. The van der Waals surface area contributed by atoms with Crippen LogP contribution in [0.2, 0.25) is 0 Å². The molecule has 2 aromatic rings. The van der Waals surface area contributed by atoms with Crippen molar-refractivity contribution >= 4 is 0 Å². The van der Waals surface area contributed by atoms with Gasteiger partial charge >= 0.3 is 6.18 Å². The number of aromatic nitrogens is 1. The number of nitrogens with zero attached hydrogens (tertiary/aromatic N) is 2. The Kier molecular flexibility index (Phi) is 3.91. The van der Waals surface area contributed by atoms with Crippen LogP contribution >= 0.6 is 0 Å². The minimum Gasteiger partial charge on any atom is -0.299 e. The second kappa shape index (κ2) is 5.72. The van der Waals surface area contributed by atoms with Crippen LogP contribution in [0.25, 0.3) is 11.1 Å². The molecule has 5 heteroatoms. The van der Waals surface area contributed by atoms with E-state index in [0.29, 0.717) is 11.6 Å². The van der Waals surface area contributed by atoms with Gasteiger partial charge in [-0.2, -0.15) is 13.2 Å². The molecule has 1 aliphatic heterocycles. The standard InChI is InChI=1S/C17H17F3N2/c1-22-7-3-6-16(22)14-8-13(10-21-11-14)12-4-2-5-15(9-12)17(18,19)20/h2,4-5,8-11,16H,3,6-7H2,1H3. The molecule has 22 heavy (non-hydrogen) atoms. The molecule has 2 nitrogen and oxygen atoms in total. The number of benzene rings is 1. The average molecular weight is 306 g/mol. The lowest BCUT2D eigenvalue weighted by Gasteiger charge is -2.20. The third-order valence-corrected chi connectivity index (χ3v) is 4.19. The third kappa shape index (κ3) is 2.99. The van der Waals surface area contributed by atoms with E-state index in [1.165, 1.54) is 12.1 Å². The Labute approximate surface area is 127 Å². The number of alkyl halides is 3. The van der Waals surface area contributed by atoms with Crippen molar-refractivity contribution in [1.82, 2.24) is 9.88 Å². The van der Waals surface area contributed by atoms with Crippen LogP contribution in [0.15, 0.2) is 42.7 Å². The summed E-state index contributed by atoms with van der Waals surface area (Å²) in [6, 6.07) is 7.65. The molecule has 2 heterocycles. The molecule has 1 aliphatic rings. The van der Waals surface area contributed by atoms with E-state index in [0.717, 1.165) is 36.6 Å².